The van der Waals surface area contributed by atoms with Crippen LogP contribution in [0.1, 0.15) is 46.5 Å². The lowest BCUT2D eigenvalue weighted by Crippen LogP contribution is -2.55. The summed E-state index contributed by atoms with van der Waals surface area (Å²) in [6, 6.07) is 25.4. The Balaban J connectivity index is 1.38. The molecular formula is C31H25F2NO4. The fraction of sp³-hybridized carbons (Fsp3) is 0.161. The second-order valence-electron chi connectivity index (χ2n) is 9.39. The Morgan fingerprint density at radius 1 is 0.789 bits per heavy atom. The van der Waals surface area contributed by atoms with Crippen LogP contribution in [-0.2, 0) is 4.79 Å². The summed E-state index contributed by atoms with van der Waals surface area (Å²) in [6.45, 7) is 0. The summed E-state index contributed by atoms with van der Waals surface area (Å²) in [7, 11) is 0. The number of rotatable bonds is 8. The normalized spacial score (nSPS) is 17.7. The van der Waals surface area contributed by atoms with E-state index in [0.717, 1.165) is 16.7 Å². The van der Waals surface area contributed by atoms with Crippen molar-refractivity contribution in [1.82, 2.24) is 0 Å². The van der Waals surface area contributed by atoms with Crippen molar-refractivity contribution in [2.75, 3.05) is 4.90 Å². The molecule has 38 heavy (non-hydrogen) atoms. The van der Waals surface area contributed by atoms with Gasteiger partial charge in [0.15, 0.2) is 0 Å². The highest BCUT2D eigenvalue weighted by atomic mass is 19.1. The molecule has 4 aromatic rings. The van der Waals surface area contributed by atoms with Crippen LogP contribution in [0.15, 0.2) is 97.1 Å². The Kier molecular flexibility index (Phi) is 7.03. The number of benzene rings is 4. The maximum Gasteiger partial charge on any atom is 0.335 e. The lowest BCUT2D eigenvalue weighted by Gasteiger charge is -2.48. The van der Waals surface area contributed by atoms with Crippen molar-refractivity contribution in [1.29, 1.82) is 0 Å². The zero-order valence-electron chi connectivity index (χ0n) is 20.3. The lowest BCUT2D eigenvalue weighted by molar-refractivity contribution is -0.131. The number of hydrogen-bond acceptors (Lipinski definition) is 3. The van der Waals surface area contributed by atoms with Crippen LogP contribution in [0.2, 0.25) is 0 Å². The standard InChI is InChI=1S/C31H25F2NO4/c32-24-11-9-21(10-12-24)28(35)18-17-27-29(34(30(27)36)26-15-13-25(33)14-16-26)22-5-1-19(2-6-22)20-3-7-23(8-4-20)31(37)38/h1-16,27-29,35H,17-18H2,(H,37,38). The van der Waals surface area contributed by atoms with E-state index < -0.39 is 23.8 Å². The Hall–Kier alpha value is -4.36. The third-order valence-electron chi connectivity index (χ3n) is 7.04. The molecule has 4 aromatic carbocycles. The van der Waals surface area contributed by atoms with E-state index in [1.54, 1.807) is 41.3 Å². The van der Waals surface area contributed by atoms with E-state index in [9.17, 15) is 23.5 Å². The average Bonchev–Trinajstić information content (AvgIpc) is 2.93. The quantitative estimate of drug-likeness (QED) is 0.262. The van der Waals surface area contributed by atoms with Gasteiger partial charge in [-0.3, -0.25) is 4.79 Å². The van der Waals surface area contributed by atoms with Crippen molar-refractivity contribution in [3.8, 4) is 11.1 Å². The molecule has 1 aliphatic heterocycles. The molecule has 1 aliphatic rings. The van der Waals surface area contributed by atoms with Gasteiger partial charge in [0, 0.05) is 5.69 Å². The van der Waals surface area contributed by atoms with Crippen LogP contribution in [0.3, 0.4) is 0 Å². The van der Waals surface area contributed by atoms with E-state index in [1.165, 1.54) is 36.4 Å². The molecule has 0 aliphatic carbocycles. The summed E-state index contributed by atoms with van der Waals surface area (Å²) in [4.78, 5) is 26.0. The van der Waals surface area contributed by atoms with Crippen LogP contribution < -0.4 is 4.90 Å². The van der Waals surface area contributed by atoms with E-state index >= 15 is 0 Å². The predicted octanol–water partition coefficient (Wildman–Crippen LogP) is 6.55. The van der Waals surface area contributed by atoms with Crippen LogP contribution >= 0.6 is 0 Å². The third-order valence-corrected chi connectivity index (χ3v) is 7.04. The second-order valence-corrected chi connectivity index (χ2v) is 9.39. The van der Waals surface area contributed by atoms with Gasteiger partial charge >= 0.3 is 5.97 Å². The van der Waals surface area contributed by atoms with Crippen molar-refractivity contribution >= 4 is 17.6 Å². The van der Waals surface area contributed by atoms with Gasteiger partial charge in [0.25, 0.3) is 0 Å². The lowest BCUT2D eigenvalue weighted by atomic mass is 9.78. The number of nitrogens with zero attached hydrogens (tertiary/aromatic N) is 1. The topological polar surface area (TPSA) is 77.8 Å². The zero-order valence-corrected chi connectivity index (χ0v) is 20.3. The first-order chi connectivity index (χ1) is 18.3. The summed E-state index contributed by atoms with van der Waals surface area (Å²) in [6.07, 6.45) is -0.0952. The van der Waals surface area contributed by atoms with E-state index in [1.807, 2.05) is 24.3 Å². The molecule has 2 N–H and O–H groups in total. The maximum absolute atomic E-state index is 13.5. The number of aliphatic hydroxyl groups is 1. The number of aliphatic hydroxyl groups excluding tert-OH is 1. The number of halogens is 2. The molecule has 0 saturated carbocycles. The molecule has 5 nitrogen and oxygen atoms in total. The van der Waals surface area contributed by atoms with E-state index in [0.29, 0.717) is 24.1 Å². The molecule has 0 bridgehead atoms. The van der Waals surface area contributed by atoms with E-state index in [4.69, 9.17) is 5.11 Å². The molecule has 1 amide bonds. The molecule has 3 atom stereocenters. The second kappa shape index (κ2) is 10.6. The highest BCUT2D eigenvalue weighted by Gasteiger charge is 2.48. The van der Waals surface area contributed by atoms with Gasteiger partial charge in [-0.15, -0.1) is 0 Å². The summed E-state index contributed by atoms with van der Waals surface area (Å²) >= 11 is 0. The minimum atomic E-state index is -0.988. The molecule has 0 radical (unpaired) electrons. The fourth-order valence-electron chi connectivity index (χ4n) is 4.97. The molecule has 1 heterocycles. The summed E-state index contributed by atoms with van der Waals surface area (Å²) < 4.78 is 26.8. The Bertz CT molecular complexity index is 1440. The Morgan fingerprint density at radius 2 is 1.32 bits per heavy atom. The molecular weight excluding hydrogens is 488 g/mol. The van der Waals surface area contributed by atoms with Gasteiger partial charge in [-0.25, -0.2) is 13.6 Å². The SMILES string of the molecule is O=C(O)c1ccc(-c2ccc(C3C(CCC(O)c4ccc(F)cc4)C(=O)N3c3ccc(F)cc3)cc2)cc1. The minimum Gasteiger partial charge on any atom is -0.478 e. The Labute approximate surface area is 218 Å². The predicted molar refractivity (Wildman–Crippen MR) is 140 cm³/mol. The van der Waals surface area contributed by atoms with Gasteiger partial charge in [0.1, 0.15) is 11.6 Å². The zero-order chi connectivity index (χ0) is 26.8. The van der Waals surface area contributed by atoms with Crippen LogP contribution in [-0.4, -0.2) is 22.1 Å². The third kappa shape index (κ3) is 5.06. The summed E-state index contributed by atoms with van der Waals surface area (Å²) in [5.41, 5.74) is 4.03. The average molecular weight is 514 g/mol. The summed E-state index contributed by atoms with van der Waals surface area (Å²) in [5, 5.41) is 19.8. The molecule has 7 heteroatoms. The molecule has 1 saturated heterocycles. The van der Waals surface area contributed by atoms with Gasteiger partial charge in [-0.1, -0.05) is 48.5 Å². The smallest absolute Gasteiger partial charge is 0.335 e. The van der Waals surface area contributed by atoms with Crippen LogP contribution in [0.5, 0.6) is 0 Å². The summed E-state index contributed by atoms with van der Waals surface area (Å²) in [5.74, 6) is -2.27. The first-order valence-corrected chi connectivity index (χ1v) is 12.3. The fourth-order valence-corrected chi connectivity index (χ4v) is 4.97. The number of anilines is 1. The van der Waals surface area contributed by atoms with Gasteiger partial charge < -0.3 is 15.1 Å². The molecule has 1 fully saturated rings. The van der Waals surface area contributed by atoms with E-state index in [2.05, 4.69) is 0 Å². The van der Waals surface area contributed by atoms with Crippen LogP contribution in [0, 0.1) is 17.6 Å². The molecule has 5 rings (SSSR count). The van der Waals surface area contributed by atoms with Crippen LogP contribution in [0.4, 0.5) is 14.5 Å². The van der Waals surface area contributed by atoms with Gasteiger partial charge in [-0.2, -0.15) is 0 Å². The van der Waals surface area contributed by atoms with Gasteiger partial charge in [0.05, 0.1) is 23.6 Å². The van der Waals surface area contributed by atoms with Gasteiger partial charge in [0.2, 0.25) is 5.91 Å². The van der Waals surface area contributed by atoms with Crippen molar-refractivity contribution in [3.63, 3.8) is 0 Å². The monoisotopic (exact) mass is 513 g/mol. The van der Waals surface area contributed by atoms with Crippen molar-refractivity contribution in [2.45, 2.75) is 25.0 Å². The molecule has 3 unspecified atom stereocenters. The molecule has 0 aromatic heterocycles. The largest absolute Gasteiger partial charge is 0.478 e. The first kappa shape index (κ1) is 25.3. The van der Waals surface area contributed by atoms with Crippen molar-refractivity contribution < 1.29 is 28.6 Å². The number of carbonyl (C=O) groups is 2. The van der Waals surface area contributed by atoms with Crippen molar-refractivity contribution in [2.24, 2.45) is 5.92 Å². The van der Waals surface area contributed by atoms with Crippen molar-refractivity contribution in [3.05, 3.63) is 125 Å². The minimum absolute atomic E-state index is 0.110. The molecule has 0 spiro atoms. The number of carbonyl (C=O) groups excluding carboxylic acids is 1. The number of hydrogen-bond donors (Lipinski definition) is 2. The molecule has 192 valence electrons. The number of amides is 1. The Morgan fingerprint density at radius 3 is 1.87 bits per heavy atom. The number of carboxylic acid groups (broad SMARTS) is 1. The maximum atomic E-state index is 13.5. The van der Waals surface area contributed by atoms with Gasteiger partial charge in [-0.05, 0) is 83.6 Å². The number of β-lactam (4-membered cyclic amide) rings is 1. The van der Waals surface area contributed by atoms with E-state index in [-0.39, 0.29) is 23.3 Å². The highest BCUT2D eigenvalue weighted by molar-refractivity contribution is 6.03. The highest BCUT2D eigenvalue weighted by Crippen LogP contribution is 2.46. The number of carboxylic acids is 1. The van der Waals surface area contributed by atoms with Crippen LogP contribution in [0.25, 0.3) is 11.1 Å². The first-order valence-electron chi connectivity index (χ1n) is 12.3. The number of aromatic carboxylic acids is 1.